The van der Waals surface area contributed by atoms with Gasteiger partial charge in [-0.25, -0.2) is 8.42 Å². The van der Waals surface area contributed by atoms with Gasteiger partial charge in [0, 0.05) is 102 Å². The Kier molecular flexibility index (Phi) is 15.5. The summed E-state index contributed by atoms with van der Waals surface area (Å²) in [5, 5.41) is 27.0. The van der Waals surface area contributed by atoms with Gasteiger partial charge in [-0.15, -0.1) is 11.8 Å². The maximum Gasteiger partial charge on any atom is 0.293 e. The van der Waals surface area contributed by atoms with Crippen LogP contribution in [0.2, 0.25) is 5.02 Å². The van der Waals surface area contributed by atoms with Crippen LogP contribution in [-0.2, 0) is 17.1 Å². The Hall–Kier alpha value is -6.04. The summed E-state index contributed by atoms with van der Waals surface area (Å²) in [4.78, 5) is 35.7. The molecule has 1 atom stereocenters. The van der Waals surface area contributed by atoms with Crippen molar-refractivity contribution >= 4 is 67.7 Å². The second kappa shape index (κ2) is 21.5. The molecule has 0 saturated carbocycles. The number of piperidine rings is 1. The Bertz CT molecular complexity index is 2910. The average Bonchev–Trinajstić information content (AvgIpc) is 3.61. The van der Waals surface area contributed by atoms with Crippen molar-refractivity contribution in [2.24, 2.45) is 7.05 Å². The maximum absolute atomic E-state index is 14.5. The number of aromatic nitrogens is 1. The summed E-state index contributed by atoms with van der Waals surface area (Å²) in [7, 11) is 1.78. The molecule has 8 rings (SSSR count). The number of likely N-dealkylation sites (tertiary alicyclic amines) is 1. The van der Waals surface area contributed by atoms with Gasteiger partial charge in [0.25, 0.3) is 21.6 Å². The lowest BCUT2D eigenvalue weighted by Crippen LogP contribution is -2.46. The number of carbonyl (C=O) groups is 1. The molecule has 0 bridgehead atoms. The fraction of sp³-hybridized carbons (Fsp3) is 0.340. The van der Waals surface area contributed by atoms with E-state index >= 15 is 0 Å². The molecule has 2 saturated heterocycles. The van der Waals surface area contributed by atoms with Crippen LogP contribution < -0.4 is 19.8 Å². The van der Waals surface area contributed by atoms with Gasteiger partial charge in [0.05, 0.1) is 26.7 Å². The predicted molar refractivity (Wildman–Crippen MR) is 284 cm³/mol. The average molecular weight is 1010 g/mol. The number of benzene rings is 5. The van der Waals surface area contributed by atoms with Crippen molar-refractivity contribution in [3.63, 3.8) is 0 Å². The van der Waals surface area contributed by atoms with Gasteiger partial charge < -0.3 is 34.6 Å². The predicted octanol–water partition coefficient (Wildman–Crippen LogP) is 9.87. The minimum atomic E-state index is -4.17. The summed E-state index contributed by atoms with van der Waals surface area (Å²) < 4.78 is 32.1. The summed E-state index contributed by atoms with van der Waals surface area (Å²) in [5.41, 5.74) is 6.65. The van der Waals surface area contributed by atoms with Crippen LogP contribution in [0.3, 0.4) is 0 Å². The first-order valence-electron chi connectivity index (χ1n) is 23.5. The molecule has 3 N–H and O–H groups in total. The standard InChI is InChI=1S/C53H61ClN8O6S2/c1-37-49(52(63)61-28-25-53(2,64)26-29-61)50(51(58(37)5)38-14-16-40(54)17-15-38)39-10-9-11-44(34-39)60-32-30-59(31-33-60)43-20-18-41(19-21-43)56-70(67,68)46-22-23-47(48(35-46)62(65)66)55-42(24-27-57(3)4)36-69-45-12-7-6-8-13-45/h6-23,34-35,42,55-56,64H,24-33,36H2,1-5H3/t42-/m1/s1. The number of thioether (sulfide) groups is 1. The van der Waals surface area contributed by atoms with E-state index in [0.717, 1.165) is 76.5 Å². The lowest BCUT2D eigenvalue weighted by atomic mass is 9.92. The monoisotopic (exact) mass is 1000 g/mol. The zero-order valence-electron chi connectivity index (χ0n) is 40.3. The summed E-state index contributed by atoms with van der Waals surface area (Å²) in [6.45, 7) is 8.41. The molecule has 3 heterocycles. The zero-order valence-corrected chi connectivity index (χ0v) is 42.7. The Morgan fingerprint density at radius 1 is 0.857 bits per heavy atom. The van der Waals surface area contributed by atoms with Crippen molar-refractivity contribution in [3.8, 4) is 22.4 Å². The van der Waals surface area contributed by atoms with Crippen LogP contribution in [-0.4, -0.2) is 116 Å². The molecule has 0 spiro atoms. The number of carbonyl (C=O) groups excluding carboxylic acids is 1. The number of anilines is 4. The van der Waals surface area contributed by atoms with Gasteiger partial charge in [-0.1, -0.05) is 54.1 Å². The number of hydrogen-bond acceptors (Lipinski definition) is 11. The van der Waals surface area contributed by atoms with Gasteiger partial charge >= 0.3 is 0 Å². The largest absolute Gasteiger partial charge is 0.390 e. The Labute approximate surface area is 420 Å². The van der Waals surface area contributed by atoms with Gasteiger partial charge in [-0.3, -0.25) is 19.6 Å². The number of nitrogens with zero attached hydrogens (tertiary/aromatic N) is 6. The Morgan fingerprint density at radius 2 is 1.51 bits per heavy atom. The molecule has 70 heavy (non-hydrogen) atoms. The van der Waals surface area contributed by atoms with Crippen molar-refractivity contribution in [1.82, 2.24) is 14.4 Å². The van der Waals surface area contributed by atoms with Crippen molar-refractivity contribution in [2.45, 2.75) is 54.5 Å². The van der Waals surface area contributed by atoms with E-state index in [1.165, 1.54) is 12.1 Å². The van der Waals surface area contributed by atoms with Crippen molar-refractivity contribution in [2.75, 3.05) is 85.5 Å². The number of nitro groups is 1. The molecule has 14 nitrogen and oxygen atoms in total. The Balaban J connectivity index is 0.944. The number of halogens is 1. The third-order valence-electron chi connectivity index (χ3n) is 13.4. The molecular formula is C53H61ClN8O6S2. The van der Waals surface area contributed by atoms with Crippen LogP contribution in [0, 0.1) is 17.0 Å². The topological polar surface area (TPSA) is 157 Å². The summed E-state index contributed by atoms with van der Waals surface area (Å²) in [6, 6.07) is 37.1. The molecule has 0 radical (unpaired) electrons. The normalized spacial score (nSPS) is 15.5. The van der Waals surface area contributed by atoms with Crippen LogP contribution in [0.25, 0.3) is 22.4 Å². The summed E-state index contributed by atoms with van der Waals surface area (Å²) in [5.74, 6) is 0.618. The van der Waals surface area contributed by atoms with Crippen molar-refractivity contribution < 1.29 is 23.2 Å². The highest BCUT2D eigenvalue weighted by Crippen LogP contribution is 2.42. The molecule has 2 aliphatic heterocycles. The number of nitrogens with one attached hydrogen (secondary N) is 2. The maximum atomic E-state index is 14.5. The molecule has 368 valence electrons. The first kappa shape index (κ1) is 50.4. The third-order valence-corrected chi connectivity index (χ3v) is 16.2. The third kappa shape index (κ3) is 11.8. The number of nitro benzene ring substituents is 1. The quantitative estimate of drug-likeness (QED) is 0.0454. The van der Waals surface area contributed by atoms with E-state index < -0.39 is 20.5 Å². The fourth-order valence-electron chi connectivity index (χ4n) is 9.17. The molecule has 0 aliphatic carbocycles. The van der Waals surface area contributed by atoms with Gasteiger partial charge in [0.2, 0.25) is 0 Å². The summed E-state index contributed by atoms with van der Waals surface area (Å²) in [6.07, 6.45) is 1.76. The lowest BCUT2D eigenvalue weighted by Gasteiger charge is -2.37. The Morgan fingerprint density at radius 3 is 2.16 bits per heavy atom. The van der Waals surface area contributed by atoms with E-state index in [-0.39, 0.29) is 28.2 Å². The molecule has 1 aromatic heterocycles. The first-order chi connectivity index (χ1) is 33.5. The molecule has 17 heteroatoms. The molecule has 5 aromatic carbocycles. The van der Waals surface area contributed by atoms with Crippen LogP contribution >= 0.6 is 23.4 Å². The number of amides is 1. The van der Waals surface area contributed by atoms with E-state index in [1.54, 1.807) is 23.9 Å². The molecule has 2 fully saturated rings. The van der Waals surface area contributed by atoms with E-state index in [9.17, 15) is 28.4 Å². The van der Waals surface area contributed by atoms with E-state index in [0.29, 0.717) is 61.0 Å². The lowest BCUT2D eigenvalue weighted by molar-refractivity contribution is -0.384. The zero-order chi connectivity index (χ0) is 49.7. The van der Waals surface area contributed by atoms with Gasteiger partial charge in [0.15, 0.2) is 0 Å². The molecule has 6 aromatic rings. The van der Waals surface area contributed by atoms with Crippen molar-refractivity contribution in [1.29, 1.82) is 0 Å². The van der Waals surface area contributed by atoms with Crippen LogP contribution in [0.15, 0.2) is 131 Å². The van der Waals surface area contributed by atoms with E-state index in [1.807, 2.05) is 113 Å². The second-order valence-electron chi connectivity index (χ2n) is 18.7. The fourth-order valence-corrected chi connectivity index (χ4v) is 11.4. The number of piperazine rings is 1. The number of sulfonamides is 1. The minimum absolute atomic E-state index is 0.0446. The smallest absolute Gasteiger partial charge is 0.293 e. The first-order valence-corrected chi connectivity index (χ1v) is 26.4. The number of rotatable bonds is 17. The van der Waals surface area contributed by atoms with E-state index in [4.69, 9.17) is 11.6 Å². The summed E-state index contributed by atoms with van der Waals surface area (Å²) >= 11 is 7.99. The number of aliphatic hydroxyl groups is 1. The van der Waals surface area contributed by atoms with Crippen LogP contribution in [0.4, 0.5) is 28.4 Å². The highest BCUT2D eigenvalue weighted by Gasteiger charge is 2.34. The number of hydrogen-bond donors (Lipinski definition) is 3. The second-order valence-corrected chi connectivity index (χ2v) is 21.9. The highest BCUT2D eigenvalue weighted by atomic mass is 35.5. The van der Waals surface area contributed by atoms with Gasteiger partial charge in [-0.05, 0) is 138 Å². The van der Waals surface area contributed by atoms with Gasteiger partial charge in [-0.2, -0.15) is 0 Å². The minimum Gasteiger partial charge on any atom is -0.390 e. The molecule has 2 aliphatic rings. The molecule has 1 amide bonds. The van der Waals surface area contributed by atoms with Crippen LogP contribution in [0.1, 0.15) is 42.2 Å². The van der Waals surface area contributed by atoms with Crippen molar-refractivity contribution in [3.05, 3.63) is 148 Å². The molecule has 0 unspecified atom stereocenters. The van der Waals surface area contributed by atoms with Gasteiger partial charge in [0.1, 0.15) is 5.69 Å². The van der Waals surface area contributed by atoms with Crippen LogP contribution in [0.5, 0.6) is 0 Å². The SMILES string of the molecule is Cc1c(C(=O)N2CCC(C)(O)CC2)c(-c2cccc(N3CCN(c4ccc(NS(=O)(=O)c5ccc(N[C@H](CCN(C)C)CSc6ccccc6)c([N+](=O)[O-])c5)cc4)CC3)c2)c(-c2ccc(Cl)cc2)n1C. The molecular weight excluding hydrogens is 944 g/mol. The highest BCUT2D eigenvalue weighted by molar-refractivity contribution is 7.99. The van der Waals surface area contributed by atoms with E-state index in [2.05, 4.69) is 47.5 Å².